The van der Waals surface area contributed by atoms with Crippen LogP contribution in [0.5, 0.6) is 0 Å². The van der Waals surface area contributed by atoms with Gasteiger partial charge in [-0.15, -0.1) is 0 Å². The number of halogens is 3. The second kappa shape index (κ2) is 5.21. The summed E-state index contributed by atoms with van der Waals surface area (Å²) in [6.07, 6.45) is -4.09. The van der Waals surface area contributed by atoms with Gasteiger partial charge in [0.15, 0.2) is 0 Å². The molecular formula is C13H15F3N2O. The Morgan fingerprint density at radius 3 is 2.47 bits per heavy atom. The molecule has 2 N–H and O–H groups in total. The maximum atomic E-state index is 12.6. The van der Waals surface area contributed by atoms with Gasteiger partial charge in [-0.2, -0.15) is 13.2 Å². The van der Waals surface area contributed by atoms with Crippen LogP contribution in [-0.4, -0.2) is 29.6 Å². The number of hydrogen-bond donors (Lipinski definition) is 1. The fourth-order valence-electron chi connectivity index (χ4n) is 2.39. The highest BCUT2D eigenvalue weighted by molar-refractivity contribution is 5.82. The SMILES string of the molecule is NC1CCN(C(=O)C(F)(F)F)[C@H](c2ccccc2)C1. The van der Waals surface area contributed by atoms with E-state index in [1.807, 2.05) is 0 Å². The first-order valence-electron chi connectivity index (χ1n) is 6.08. The number of alkyl halides is 3. The lowest BCUT2D eigenvalue weighted by Crippen LogP contribution is -2.49. The molecule has 1 aromatic carbocycles. The maximum absolute atomic E-state index is 12.6. The van der Waals surface area contributed by atoms with Gasteiger partial charge in [0.2, 0.25) is 0 Å². The molecule has 104 valence electrons. The van der Waals surface area contributed by atoms with Gasteiger partial charge in [0.25, 0.3) is 0 Å². The highest BCUT2D eigenvalue weighted by atomic mass is 19.4. The zero-order valence-corrected chi connectivity index (χ0v) is 10.2. The van der Waals surface area contributed by atoms with Crippen molar-refractivity contribution in [3.63, 3.8) is 0 Å². The van der Waals surface area contributed by atoms with Crippen LogP contribution in [0.2, 0.25) is 0 Å². The van der Waals surface area contributed by atoms with E-state index in [1.54, 1.807) is 30.3 Å². The Morgan fingerprint density at radius 1 is 1.26 bits per heavy atom. The molecule has 0 saturated carbocycles. The molecule has 1 fully saturated rings. The van der Waals surface area contributed by atoms with Crippen molar-refractivity contribution in [3.8, 4) is 0 Å². The number of likely N-dealkylation sites (tertiary alicyclic amines) is 1. The zero-order valence-electron chi connectivity index (χ0n) is 10.2. The summed E-state index contributed by atoms with van der Waals surface area (Å²) in [6, 6.07) is 7.93. The van der Waals surface area contributed by atoms with Crippen molar-refractivity contribution in [1.29, 1.82) is 0 Å². The monoisotopic (exact) mass is 272 g/mol. The summed E-state index contributed by atoms with van der Waals surface area (Å²) in [5.74, 6) is -1.78. The van der Waals surface area contributed by atoms with Crippen LogP contribution in [0.25, 0.3) is 0 Å². The molecule has 2 rings (SSSR count). The largest absolute Gasteiger partial charge is 0.471 e. The summed E-state index contributed by atoms with van der Waals surface area (Å²) in [6.45, 7) is 0.0407. The summed E-state index contributed by atoms with van der Waals surface area (Å²) >= 11 is 0. The van der Waals surface area contributed by atoms with Crippen molar-refractivity contribution >= 4 is 5.91 Å². The maximum Gasteiger partial charge on any atom is 0.471 e. The molecule has 0 aromatic heterocycles. The molecule has 1 aliphatic rings. The van der Waals surface area contributed by atoms with Gasteiger partial charge in [0, 0.05) is 12.6 Å². The third-order valence-electron chi connectivity index (χ3n) is 3.33. The fraction of sp³-hybridized carbons (Fsp3) is 0.462. The summed E-state index contributed by atoms with van der Waals surface area (Å²) in [4.78, 5) is 12.4. The molecule has 2 atom stereocenters. The topological polar surface area (TPSA) is 46.3 Å². The van der Waals surface area contributed by atoms with Crippen LogP contribution >= 0.6 is 0 Å². The first-order valence-corrected chi connectivity index (χ1v) is 6.08. The van der Waals surface area contributed by atoms with E-state index in [2.05, 4.69) is 0 Å². The molecule has 1 amide bonds. The number of rotatable bonds is 1. The highest BCUT2D eigenvalue weighted by Crippen LogP contribution is 2.33. The Hall–Kier alpha value is -1.56. The van der Waals surface area contributed by atoms with Crippen molar-refractivity contribution in [2.75, 3.05) is 6.54 Å². The van der Waals surface area contributed by atoms with Gasteiger partial charge in [0.05, 0.1) is 6.04 Å². The van der Waals surface area contributed by atoms with Crippen LogP contribution in [0.3, 0.4) is 0 Å². The minimum absolute atomic E-state index is 0.0407. The Balaban J connectivity index is 2.28. The summed E-state index contributed by atoms with van der Waals surface area (Å²) in [5, 5.41) is 0. The molecule has 0 bridgehead atoms. The average Bonchev–Trinajstić information content (AvgIpc) is 2.38. The Bertz CT molecular complexity index is 447. The van der Waals surface area contributed by atoms with Crippen LogP contribution in [0.15, 0.2) is 30.3 Å². The molecule has 1 aliphatic heterocycles. The smallest absolute Gasteiger partial charge is 0.328 e. The zero-order chi connectivity index (χ0) is 14.0. The van der Waals surface area contributed by atoms with E-state index in [1.165, 1.54) is 0 Å². The second-order valence-corrected chi connectivity index (χ2v) is 4.71. The summed E-state index contributed by atoms with van der Waals surface area (Å²) < 4.78 is 37.8. The number of amides is 1. The molecule has 0 aliphatic carbocycles. The van der Waals surface area contributed by atoms with E-state index in [0.717, 1.165) is 4.90 Å². The number of carbonyl (C=O) groups is 1. The number of nitrogens with two attached hydrogens (primary N) is 1. The number of carbonyl (C=O) groups excluding carboxylic acids is 1. The number of benzene rings is 1. The Morgan fingerprint density at radius 2 is 1.89 bits per heavy atom. The average molecular weight is 272 g/mol. The van der Waals surface area contributed by atoms with E-state index in [-0.39, 0.29) is 12.6 Å². The molecule has 1 aromatic rings. The molecule has 0 radical (unpaired) electrons. The van der Waals surface area contributed by atoms with Crippen molar-refractivity contribution < 1.29 is 18.0 Å². The van der Waals surface area contributed by atoms with Gasteiger partial charge in [-0.1, -0.05) is 30.3 Å². The van der Waals surface area contributed by atoms with Crippen LogP contribution in [-0.2, 0) is 4.79 Å². The molecule has 1 saturated heterocycles. The Kier molecular flexibility index (Phi) is 3.80. The quantitative estimate of drug-likeness (QED) is 0.852. The highest BCUT2D eigenvalue weighted by Gasteiger charge is 2.46. The number of nitrogens with zero attached hydrogens (tertiary/aromatic N) is 1. The Labute approximate surface area is 109 Å². The molecule has 19 heavy (non-hydrogen) atoms. The van der Waals surface area contributed by atoms with Gasteiger partial charge in [-0.3, -0.25) is 4.79 Å². The van der Waals surface area contributed by atoms with Gasteiger partial charge < -0.3 is 10.6 Å². The van der Waals surface area contributed by atoms with E-state index in [9.17, 15) is 18.0 Å². The number of hydrogen-bond acceptors (Lipinski definition) is 2. The molecule has 1 heterocycles. The van der Waals surface area contributed by atoms with Crippen LogP contribution < -0.4 is 5.73 Å². The predicted molar refractivity (Wildman–Crippen MR) is 64.2 cm³/mol. The van der Waals surface area contributed by atoms with Gasteiger partial charge >= 0.3 is 12.1 Å². The van der Waals surface area contributed by atoms with Gasteiger partial charge in [-0.25, -0.2) is 0 Å². The van der Waals surface area contributed by atoms with E-state index < -0.39 is 18.1 Å². The van der Waals surface area contributed by atoms with Crippen molar-refractivity contribution in [1.82, 2.24) is 4.90 Å². The minimum Gasteiger partial charge on any atom is -0.328 e. The van der Waals surface area contributed by atoms with Crippen LogP contribution in [0, 0.1) is 0 Å². The van der Waals surface area contributed by atoms with Crippen molar-refractivity contribution in [2.24, 2.45) is 5.73 Å². The lowest BCUT2D eigenvalue weighted by atomic mass is 9.92. The van der Waals surface area contributed by atoms with Crippen LogP contribution in [0.4, 0.5) is 13.2 Å². The van der Waals surface area contributed by atoms with Crippen molar-refractivity contribution in [2.45, 2.75) is 31.1 Å². The molecule has 6 heteroatoms. The van der Waals surface area contributed by atoms with Gasteiger partial charge in [-0.05, 0) is 18.4 Å². The molecule has 0 spiro atoms. The predicted octanol–water partition coefficient (Wildman–Crippen LogP) is 2.24. The standard InChI is InChI=1S/C13H15F3N2O/c14-13(15,16)12(19)18-7-6-10(17)8-11(18)9-4-2-1-3-5-9/h1-5,10-11H,6-8,17H2/t10?,11-/m0/s1. The van der Waals surface area contributed by atoms with Crippen molar-refractivity contribution in [3.05, 3.63) is 35.9 Å². The normalized spacial score (nSPS) is 24.3. The minimum atomic E-state index is -4.84. The fourth-order valence-corrected chi connectivity index (χ4v) is 2.39. The molecule has 3 nitrogen and oxygen atoms in total. The number of piperidine rings is 1. The third-order valence-corrected chi connectivity index (χ3v) is 3.33. The summed E-state index contributed by atoms with van der Waals surface area (Å²) in [5.41, 5.74) is 6.50. The van der Waals surface area contributed by atoms with E-state index in [0.29, 0.717) is 18.4 Å². The lowest BCUT2D eigenvalue weighted by Gasteiger charge is -2.38. The van der Waals surface area contributed by atoms with Gasteiger partial charge in [0.1, 0.15) is 0 Å². The first-order chi connectivity index (χ1) is 8.89. The summed E-state index contributed by atoms with van der Waals surface area (Å²) in [7, 11) is 0. The first kappa shape index (κ1) is 13.9. The molecular weight excluding hydrogens is 257 g/mol. The molecule has 1 unspecified atom stereocenters. The third kappa shape index (κ3) is 3.07. The van der Waals surface area contributed by atoms with E-state index in [4.69, 9.17) is 5.73 Å². The van der Waals surface area contributed by atoms with Crippen LogP contribution in [0.1, 0.15) is 24.4 Å². The lowest BCUT2D eigenvalue weighted by molar-refractivity contribution is -0.189. The van der Waals surface area contributed by atoms with E-state index >= 15 is 0 Å². The second-order valence-electron chi connectivity index (χ2n) is 4.71.